The van der Waals surface area contributed by atoms with Crippen molar-refractivity contribution in [1.82, 2.24) is 9.78 Å². The van der Waals surface area contributed by atoms with Crippen LogP contribution in [0.5, 0.6) is 0 Å². The van der Waals surface area contributed by atoms with Crippen molar-refractivity contribution in [1.29, 1.82) is 0 Å². The van der Waals surface area contributed by atoms with Crippen LogP contribution >= 0.6 is 0 Å². The van der Waals surface area contributed by atoms with E-state index in [0.29, 0.717) is 6.04 Å². The molecule has 1 N–H and O–H groups in total. The summed E-state index contributed by atoms with van der Waals surface area (Å²) in [6.45, 7) is 6.62. The summed E-state index contributed by atoms with van der Waals surface area (Å²) >= 11 is 0. The van der Waals surface area contributed by atoms with Gasteiger partial charge in [-0.25, -0.2) is 0 Å². The highest BCUT2D eigenvalue weighted by molar-refractivity contribution is 5.27. The van der Waals surface area contributed by atoms with E-state index in [9.17, 15) is 5.11 Å². The van der Waals surface area contributed by atoms with Crippen molar-refractivity contribution in [3.05, 3.63) is 53.9 Å². The second-order valence-corrected chi connectivity index (χ2v) is 5.88. The first-order valence-corrected chi connectivity index (χ1v) is 7.85. The summed E-state index contributed by atoms with van der Waals surface area (Å²) in [4.78, 5) is 0. The smallest absolute Gasteiger partial charge is 0.0634 e. The first kappa shape index (κ1) is 15.8. The highest BCUT2D eigenvalue weighted by Crippen LogP contribution is 2.31. The Balaban J connectivity index is 2.26. The summed E-state index contributed by atoms with van der Waals surface area (Å²) < 4.78 is 2.03. The molecule has 1 aromatic heterocycles. The zero-order valence-corrected chi connectivity index (χ0v) is 13.3. The van der Waals surface area contributed by atoms with Crippen molar-refractivity contribution < 1.29 is 5.11 Å². The van der Waals surface area contributed by atoms with Gasteiger partial charge in [-0.1, -0.05) is 44.2 Å². The van der Waals surface area contributed by atoms with Crippen LogP contribution in [-0.4, -0.2) is 21.5 Å². The standard InChI is InChI=1S/C18H26N2O/c1-4-15(3)20-12-11-17(19-20)13-18(5-2,14-21)16-9-7-6-8-10-16/h6-12,15,21H,4-5,13-14H2,1-3H3. The van der Waals surface area contributed by atoms with Gasteiger partial charge in [0.05, 0.1) is 12.3 Å². The summed E-state index contributed by atoms with van der Waals surface area (Å²) in [6, 6.07) is 12.8. The maximum atomic E-state index is 10.0. The van der Waals surface area contributed by atoms with E-state index in [-0.39, 0.29) is 12.0 Å². The van der Waals surface area contributed by atoms with Crippen LogP contribution in [0.15, 0.2) is 42.6 Å². The van der Waals surface area contributed by atoms with Gasteiger partial charge in [0.25, 0.3) is 0 Å². The van der Waals surface area contributed by atoms with E-state index in [1.807, 2.05) is 29.1 Å². The Labute approximate surface area is 127 Å². The van der Waals surface area contributed by atoms with E-state index in [4.69, 9.17) is 5.10 Å². The highest BCUT2D eigenvalue weighted by atomic mass is 16.3. The van der Waals surface area contributed by atoms with Gasteiger partial charge in [-0.3, -0.25) is 4.68 Å². The fourth-order valence-electron chi connectivity index (χ4n) is 2.73. The monoisotopic (exact) mass is 286 g/mol. The van der Waals surface area contributed by atoms with Crippen LogP contribution in [0, 0.1) is 0 Å². The molecule has 0 amide bonds. The molecule has 0 fully saturated rings. The molecule has 1 aromatic carbocycles. The molecular weight excluding hydrogens is 260 g/mol. The molecule has 0 saturated heterocycles. The largest absolute Gasteiger partial charge is 0.395 e. The number of benzene rings is 1. The van der Waals surface area contributed by atoms with Crippen molar-refractivity contribution in [2.45, 2.75) is 51.5 Å². The maximum absolute atomic E-state index is 10.0. The van der Waals surface area contributed by atoms with E-state index in [0.717, 1.165) is 25.0 Å². The van der Waals surface area contributed by atoms with Gasteiger partial charge in [-0.15, -0.1) is 0 Å². The molecule has 0 radical (unpaired) electrons. The van der Waals surface area contributed by atoms with Crippen LogP contribution in [0.3, 0.4) is 0 Å². The van der Waals surface area contributed by atoms with E-state index in [1.54, 1.807) is 0 Å². The van der Waals surface area contributed by atoms with Crippen LogP contribution < -0.4 is 0 Å². The lowest BCUT2D eigenvalue weighted by molar-refractivity contribution is 0.185. The van der Waals surface area contributed by atoms with Gasteiger partial charge in [0.15, 0.2) is 0 Å². The van der Waals surface area contributed by atoms with Crippen LogP contribution in [0.1, 0.15) is 50.9 Å². The zero-order chi connectivity index (χ0) is 15.3. The minimum absolute atomic E-state index is 0.143. The third-order valence-corrected chi connectivity index (χ3v) is 4.59. The number of aliphatic hydroxyl groups is 1. The van der Waals surface area contributed by atoms with Crippen LogP contribution in [-0.2, 0) is 11.8 Å². The fourth-order valence-corrected chi connectivity index (χ4v) is 2.73. The van der Waals surface area contributed by atoms with Gasteiger partial charge in [-0.2, -0.15) is 5.10 Å². The number of hydrogen-bond donors (Lipinski definition) is 1. The van der Waals surface area contributed by atoms with Gasteiger partial charge in [0.2, 0.25) is 0 Å². The third-order valence-electron chi connectivity index (χ3n) is 4.59. The molecule has 3 nitrogen and oxygen atoms in total. The molecule has 0 aliphatic rings. The van der Waals surface area contributed by atoms with E-state index >= 15 is 0 Å². The van der Waals surface area contributed by atoms with Crippen molar-refractivity contribution in [3.63, 3.8) is 0 Å². The van der Waals surface area contributed by atoms with Gasteiger partial charge >= 0.3 is 0 Å². The second kappa shape index (κ2) is 6.90. The molecule has 3 heteroatoms. The lowest BCUT2D eigenvalue weighted by Gasteiger charge is -2.30. The molecule has 1 heterocycles. The Bertz CT molecular complexity index is 543. The number of aliphatic hydroxyl groups excluding tert-OH is 1. The average molecular weight is 286 g/mol. The topological polar surface area (TPSA) is 38.0 Å². The first-order valence-electron chi connectivity index (χ1n) is 7.85. The molecule has 2 atom stereocenters. The molecule has 0 aliphatic carbocycles. The van der Waals surface area contributed by atoms with Gasteiger partial charge in [0.1, 0.15) is 0 Å². The number of aromatic nitrogens is 2. The van der Waals surface area contributed by atoms with Crippen molar-refractivity contribution >= 4 is 0 Å². The lowest BCUT2D eigenvalue weighted by Crippen LogP contribution is -2.32. The van der Waals surface area contributed by atoms with Crippen LogP contribution in [0.4, 0.5) is 0 Å². The minimum atomic E-state index is -0.240. The van der Waals surface area contributed by atoms with Crippen molar-refractivity contribution in [2.24, 2.45) is 0 Å². The summed E-state index contributed by atoms with van der Waals surface area (Å²) in [6.07, 6.45) is 4.78. The second-order valence-electron chi connectivity index (χ2n) is 5.88. The molecular formula is C18H26N2O. The molecule has 21 heavy (non-hydrogen) atoms. The summed E-state index contributed by atoms with van der Waals surface area (Å²) in [5.41, 5.74) is 2.00. The summed E-state index contributed by atoms with van der Waals surface area (Å²) in [5, 5.41) is 14.7. The normalized spacial score (nSPS) is 15.6. The molecule has 0 spiro atoms. The van der Waals surface area contributed by atoms with E-state index in [1.165, 1.54) is 5.56 Å². The Morgan fingerprint density at radius 1 is 1.19 bits per heavy atom. The first-order chi connectivity index (χ1) is 10.1. The Morgan fingerprint density at radius 2 is 1.90 bits per heavy atom. The Morgan fingerprint density at radius 3 is 2.48 bits per heavy atom. The molecule has 0 bridgehead atoms. The molecule has 2 unspecified atom stereocenters. The average Bonchev–Trinajstić information content (AvgIpc) is 3.01. The molecule has 0 aliphatic heterocycles. The van der Waals surface area contributed by atoms with E-state index in [2.05, 4.69) is 39.0 Å². The van der Waals surface area contributed by atoms with Crippen LogP contribution in [0.2, 0.25) is 0 Å². The Kier molecular flexibility index (Phi) is 5.18. The molecule has 114 valence electrons. The van der Waals surface area contributed by atoms with Crippen LogP contribution in [0.25, 0.3) is 0 Å². The predicted molar refractivity (Wildman–Crippen MR) is 86.4 cm³/mol. The quantitative estimate of drug-likeness (QED) is 0.842. The summed E-state index contributed by atoms with van der Waals surface area (Å²) in [5.74, 6) is 0. The zero-order valence-electron chi connectivity index (χ0n) is 13.3. The minimum Gasteiger partial charge on any atom is -0.395 e. The van der Waals surface area contributed by atoms with Gasteiger partial charge in [0, 0.05) is 24.1 Å². The predicted octanol–water partition coefficient (Wildman–Crippen LogP) is 3.74. The van der Waals surface area contributed by atoms with Crippen molar-refractivity contribution in [2.75, 3.05) is 6.61 Å². The molecule has 2 rings (SSSR count). The number of hydrogen-bond acceptors (Lipinski definition) is 2. The third kappa shape index (κ3) is 3.35. The van der Waals surface area contributed by atoms with Crippen molar-refractivity contribution in [3.8, 4) is 0 Å². The SMILES string of the molecule is CCC(C)n1ccc(CC(CC)(CO)c2ccccc2)n1. The molecule has 0 saturated carbocycles. The molecule has 2 aromatic rings. The van der Waals surface area contributed by atoms with Gasteiger partial charge in [-0.05, 0) is 31.4 Å². The Hall–Kier alpha value is -1.61. The van der Waals surface area contributed by atoms with Gasteiger partial charge < -0.3 is 5.11 Å². The number of rotatable bonds is 7. The number of nitrogens with zero attached hydrogens (tertiary/aromatic N) is 2. The summed E-state index contributed by atoms with van der Waals surface area (Å²) in [7, 11) is 0. The highest BCUT2D eigenvalue weighted by Gasteiger charge is 2.30. The lowest BCUT2D eigenvalue weighted by atomic mass is 9.75. The fraction of sp³-hybridized carbons (Fsp3) is 0.500. The maximum Gasteiger partial charge on any atom is 0.0634 e. The van der Waals surface area contributed by atoms with E-state index < -0.39 is 0 Å².